The fourth-order valence-electron chi connectivity index (χ4n) is 3.34. The minimum absolute atomic E-state index is 0.149. The summed E-state index contributed by atoms with van der Waals surface area (Å²) >= 11 is 11.7. The molecule has 4 rings (SSSR count). The van der Waals surface area contributed by atoms with Crippen molar-refractivity contribution in [3.05, 3.63) is 81.9 Å². The summed E-state index contributed by atoms with van der Waals surface area (Å²) in [7, 11) is 0. The molecule has 0 aliphatic heterocycles. The van der Waals surface area contributed by atoms with Crippen LogP contribution in [0.4, 0.5) is 5.69 Å². The lowest BCUT2D eigenvalue weighted by atomic mass is 10.1. The van der Waals surface area contributed by atoms with Crippen molar-refractivity contribution in [2.24, 2.45) is 0 Å². The van der Waals surface area contributed by atoms with Gasteiger partial charge in [0.2, 0.25) is 5.89 Å². The SMILES string of the molecule is Cc1cc(C)cc(C(=O)NC(=S)Nc2cc(-c3nc4ccc(C)cc4o3)ccc2Cl)c1. The molecule has 1 amide bonds. The number of oxazole rings is 1. The number of rotatable bonds is 3. The molecule has 0 radical (unpaired) electrons. The monoisotopic (exact) mass is 449 g/mol. The number of aromatic nitrogens is 1. The second-order valence-corrected chi connectivity index (χ2v) is 8.28. The number of nitrogens with one attached hydrogen (secondary N) is 2. The van der Waals surface area contributed by atoms with Crippen LogP contribution in [-0.2, 0) is 0 Å². The van der Waals surface area contributed by atoms with Gasteiger partial charge in [-0.15, -0.1) is 0 Å². The Morgan fingerprint density at radius 2 is 1.71 bits per heavy atom. The maximum absolute atomic E-state index is 12.6. The molecule has 156 valence electrons. The van der Waals surface area contributed by atoms with Crippen LogP contribution in [0, 0.1) is 20.8 Å². The lowest BCUT2D eigenvalue weighted by Crippen LogP contribution is -2.34. The first-order valence-electron chi connectivity index (χ1n) is 9.66. The molecular formula is C24H20ClN3O2S. The van der Waals surface area contributed by atoms with Crippen molar-refractivity contribution in [2.45, 2.75) is 20.8 Å². The summed E-state index contributed by atoms with van der Waals surface area (Å²) in [4.78, 5) is 17.1. The summed E-state index contributed by atoms with van der Waals surface area (Å²) in [5, 5.41) is 6.29. The van der Waals surface area contributed by atoms with Gasteiger partial charge in [0.05, 0.1) is 10.7 Å². The molecule has 3 aromatic carbocycles. The average Bonchev–Trinajstić information content (AvgIpc) is 3.12. The van der Waals surface area contributed by atoms with Gasteiger partial charge >= 0.3 is 0 Å². The van der Waals surface area contributed by atoms with E-state index in [9.17, 15) is 4.79 Å². The van der Waals surface area contributed by atoms with Gasteiger partial charge in [0.1, 0.15) is 5.52 Å². The summed E-state index contributed by atoms with van der Waals surface area (Å²) in [5.74, 6) is 0.191. The van der Waals surface area contributed by atoms with E-state index in [4.69, 9.17) is 28.2 Å². The van der Waals surface area contributed by atoms with Crippen molar-refractivity contribution in [3.63, 3.8) is 0 Å². The largest absolute Gasteiger partial charge is 0.436 e. The molecule has 2 N–H and O–H groups in total. The average molecular weight is 450 g/mol. The van der Waals surface area contributed by atoms with Crippen LogP contribution < -0.4 is 10.6 Å². The third-order valence-electron chi connectivity index (χ3n) is 4.72. The Kier molecular flexibility index (Phi) is 5.76. The molecule has 1 heterocycles. The zero-order valence-electron chi connectivity index (χ0n) is 17.2. The van der Waals surface area contributed by atoms with Crippen molar-refractivity contribution >= 4 is 51.6 Å². The second-order valence-electron chi connectivity index (χ2n) is 7.47. The Bertz CT molecular complexity index is 1310. The van der Waals surface area contributed by atoms with Crippen LogP contribution in [0.15, 0.2) is 59.0 Å². The van der Waals surface area contributed by atoms with Crippen LogP contribution in [0.3, 0.4) is 0 Å². The minimum Gasteiger partial charge on any atom is -0.436 e. The topological polar surface area (TPSA) is 67.2 Å². The molecule has 0 saturated carbocycles. The van der Waals surface area contributed by atoms with Gasteiger partial charge in [-0.1, -0.05) is 34.9 Å². The van der Waals surface area contributed by atoms with Crippen LogP contribution in [0.1, 0.15) is 27.0 Å². The first kappa shape index (κ1) is 21.0. The van der Waals surface area contributed by atoms with Gasteiger partial charge in [-0.3, -0.25) is 10.1 Å². The second kappa shape index (κ2) is 8.49. The van der Waals surface area contributed by atoms with E-state index in [0.717, 1.165) is 33.4 Å². The highest BCUT2D eigenvalue weighted by Crippen LogP contribution is 2.30. The van der Waals surface area contributed by atoms with E-state index in [-0.39, 0.29) is 11.0 Å². The van der Waals surface area contributed by atoms with Crippen molar-refractivity contribution in [1.82, 2.24) is 10.3 Å². The maximum atomic E-state index is 12.6. The highest BCUT2D eigenvalue weighted by molar-refractivity contribution is 7.80. The molecule has 0 bridgehead atoms. The number of anilines is 1. The van der Waals surface area contributed by atoms with Crippen LogP contribution in [-0.4, -0.2) is 16.0 Å². The third kappa shape index (κ3) is 4.76. The Morgan fingerprint density at radius 1 is 0.968 bits per heavy atom. The Hall–Kier alpha value is -3.22. The van der Waals surface area contributed by atoms with Gasteiger partial charge in [-0.25, -0.2) is 4.98 Å². The number of carbonyl (C=O) groups excluding carboxylic acids is 1. The molecule has 5 nitrogen and oxygen atoms in total. The Morgan fingerprint density at radius 3 is 2.45 bits per heavy atom. The molecule has 0 fully saturated rings. The van der Waals surface area contributed by atoms with Crippen molar-refractivity contribution < 1.29 is 9.21 Å². The molecule has 7 heteroatoms. The summed E-state index contributed by atoms with van der Waals surface area (Å²) in [5.41, 5.74) is 6.44. The van der Waals surface area contributed by atoms with E-state index < -0.39 is 0 Å². The summed E-state index contributed by atoms with van der Waals surface area (Å²) in [6, 6.07) is 16.8. The zero-order valence-corrected chi connectivity index (χ0v) is 18.8. The van der Waals surface area contributed by atoms with Gasteiger partial charge in [-0.05, 0) is 81.0 Å². The molecular weight excluding hydrogens is 430 g/mol. The van der Waals surface area contributed by atoms with Crippen LogP contribution in [0.25, 0.3) is 22.6 Å². The molecule has 1 aromatic heterocycles. The van der Waals surface area contributed by atoms with E-state index in [1.165, 1.54) is 0 Å². The Balaban J connectivity index is 1.54. The van der Waals surface area contributed by atoms with E-state index in [2.05, 4.69) is 15.6 Å². The standard InChI is InChI=1S/C24H20ClN3O2S/c1-13-4-7-19-21(11-13)30-23(26-19)16-5-6-18(25)20(12-16)27-24(31)28-22(29)17-9-14(2)8-15(3)10-17/h4-12H,1-3H3,(H2,27,28,29,31). The normalized spacial score (nSPS) is 10.8. The number of benzene rings is 3. The first-order valence-corrected chi connectivity index (χ1v) is 10.4. The molecule has 0 aliphatic rings. The molecule has 31 heavy (non-hydrogen) atoms. The van der Waals surface area contributed by atoms with Crippen LogP contribution in [0.5, 0.6) is 0 Å². The maximum Gasteiger partial charge on any atom is 0.257 e. The highest BCUT2D eigenvalue weighted by Gasteiger charge is 2.13. The van der Waals surface area contributed by atoms with Crippen LogP contribution in [0.2, 0.25) is 5.02 Å². The molecule has 4 aromatic rings. The van der Waals surface area contributed by atoms with Crippen LogP contribution >= 0.6 is 23.8 Å². The number of nitrogens with zero attached hydrogens (tertiary/aromatic N) is 1. The zero-order chi connectivity index (χ0) is 22.1. The molecule has 0 aliphatic carbocycles. The van der Waals surface area contributed by atoms with Gasteiger partial charge < -0.3 is 9.73 Å². The number of fused-ring (bicyclic) bond motifs is 1. The van der Waals surface area contributed by atoms with Crippen molar-refractivity contribution in [1.29, 1.82) is 0 Å². The predicted molar refractivity (Wildman–Crippen MR) is 129 cm³/mol. The number of thiocarbonyl (C=S) groups is 1. The fraction of sp³-hybridized carbons (Fsp3) is 0.125. The van der Waals surface area contributed by atoms with E-state index in [0.29, 0.717) is 22.2 Å². The van der Waals surface area contributed by atoms with Crippen molar-refractivity contribution in [2.75, 3.05) is 5.32 Å². The number of aryl methyl sites for hydroxylation is 3. The molecule has 0 saturated heterocycles. The molecule has 0 spiro atoms. The van der Waals surface area contributed by atoms with E-state index >= 15 is 0 Å². The predicted octanol–water partition coefficient (Wildman–Crippen LogP) is 6.20. The lowest BCUT2D eigenvalue weighted by Gasteiger charge is -2.12. The van der Waals surface area contributed by atoms with Gasteiger partial charge in [0.15, 0.2) is 10.7 Å². The Labute approximate surface area is 190 Å². The molecule has 0 atom stereocenters. The number of hydrogen-bond acceptors (Lipinski definition) is 4. The summed E-state index contributed by atoms with van der Waals surface area (Å²) in [6.45, 7) is 5.89. The quantitative estimate of drug-likeness (QED) is 0.364. The fourth-order valence-corrected chi connectivity index (χ4v) is 3.71. The molecule has 0 unspecified atom stereocenters. The van der Waals surface area contributed by atoms with E-state index in [1.807, 2.05) is 63.2 Å². The highest BCUT2D eigenvalue weighted by atomic mass is 35.5. The number of carbonyl (C=O) groups is 1. The van der Waals surface area contributed by atoms with Gasteiger partial charge in [0, 0.05) is 11.1 Å². The minimum atomic E-state index is -0.286. The number of hydrogen-bond donors (Lipinski definition) is 2. The number of halogens is 1. The van der Waals surface area contributed by atoms with E-state index in [1.54, 1.807) is 12.1 Å². The third-order valence-corrected chi connectivity index (χ3v) is 5.25. The first-order chi connectivity index (χ1) is 14.8. The van der Waals surface area contributed by atoms with Gasteiger partial charge in [-0.2, -0.15) is 0 Å². The lowest BCUT2D eigenvalue weighted by molar-refractivity contribution is 0.0977. The van der Waals surface area contributed by atoms with Gasteiger partial charge in [0.25, 0.3) is 5.91 Å². The van der Waals surface area contributed by atoms with Crippen molar-refractivity contribution in [3.8, 4) is 11.5 Å². The number of amides is 1. The summed E-state index contributed by atoms with van der Waals surface area (Å²) < 4.78 is 5.89. The smallest absolute Gasteiger partial charge is 0.257 e. The summed E-state index contributed by atoms with van der Waals surface area (Å²) in [6.07, 6.45) is 0.